The van der Waals surface area contributed by atoms with Crippen molar-refractivity contribution in [2.75, 3.05) is 18.5 Å². The van der Waals surface area contributed by atoms with E-state index < -0.39 is 5.60 Å². The Hall–Kier alpha value is -2.07. The third kappa shape index (κ3) is 5.46. The topological polar surface area (TPSA) is 47.6 Å². The standard InChI is InChI=1S/C23H33NO3/c1-5-8-15-23(4,27-17-7-3)22(25)24-20-13-14-21(26-16-6-2)19-12-10-9-11-18(19)20/h9-14H,5-8,15-17H2,1-4H3,(H,24,25)/t23-/m0/s1. The molecule has 0 fully saturated rings. The average molecular weight is 372 g/mol. The second-order valence-corrected chi connectivity index (χ2v) is 7.14. The average Bonchev–Trinajstić information content (AvgIpc) is 2.70. The van der Waals surface area contributed by atoms with E-state index in [9.17, 15) is 4.79 Å². The first-order valence-corrected chi connectivity index (χ1v) is 10.2. The molecule has 0 heterocycles. The number of hydrogen-bond acceptors (Lipinski definition) is 3. The number of amides is 1. The van der Waals surface area contributed by atoms with Gasteiger partial charge >= 0.3 is 0 Å². The van der Waals surface area contributed by atoms with Crippen molar-refractivity contribution in [1.29, 1.82) is 0 Å². The molecule has 2 aromatic rings. The zero-order valence-electron chi connectivity index (χ0n) is 17.1. The molecule has 0 unspecified atom stereocenters. The van der Waals surface area contributed by atoms with Gasteiger partial charge in [0.25, 0.3) is 5.91 Å². The van der Waals surface area contributed by atoms with Gasteiger partial charge in [0.05, 0.1) is 6.61 Å². The minimum atomic E-state index is -0.815. The predicted molar refractivity (Wildman–Crippen MR) is 113 cm³/mol. The SMILES string of the molecule is CCCC[C@](C)(OCCC)C(=O)Nc1ccc(OCCC)c2ccccc12. The monoisotopic (exact) mass is 371 g/mol. The number of carbonyl (C=O) groups excluding carboxylic acids is 1. The summed E-state index contributed by atoms with van der Waals surface area (Å²) in [5.41, 5.74) is -0.0212. The van der Waals surface area contributed by atoms with Crippen LogP contribution in [0.2, 0.25) is 0 Å². The molecule has 0 aliphatic carbocycles. The van der Waals surface area contributed by atoms with E-state index in [0.717, 1.165) is 47.9 Å². The summed E-state index contributed by atoms with van der Waals surface area (Å²) in [6, 6.07) is 11.9. The van der Waals surface area contributed by atoms with E-state index in [1.54, 1.807) is 0 Å². The number of anilines is 1. The summed E-state index contributed by atoms with van der Waals surface area (Å²) in [4.78, 5) is 13.1. The Labute approximate surface area is 163 Å². The van der Waals surface area contributed by atoms with E-state index >= 15 is 0 Å². The minimum Gasteiger partial charge on any atom is -0.493 e. The fourth-order valence-electron chi connectivity index (χ4n) is 3.07. The Morgan fingerprint density at radius 1 is 0.963 bits per heavy atom. The lowest BCUT2D eigenvalue weighted by Gasteiger charge is -2.29. The summed E-state index contributed by atoms with van der Waals surface area (Å²) < 4.78 is 11.8. The number of hydrogen-bond donors (Lipinski definition) is 1. The van der Waals surface area contributed by atoms with Crippen LogP contribution < -0.4 is 10.1 Å². The van der Waals surface area contributed by atoms with Crippen LogP contribution in [-0.4, -0.2) is 24.7 Å². The lowest BCUT2D eigenvalue weighted by atomic mass is 9.97. The van der Waals surface area contributed by atoms with Gasteiger partial charge in [-0.15, -0.1) is 0 Å². The van der Waals surface area contributed by atoms with Crippen LogP contribution in [0.4, 0.5) is 5.69 Å². The van der Waals surface area contributed by atoms with Gasteiger partial charge in [-0.05, 0) is 38.3 Å². The fraction of sp³-hybridized carbons (Fsp3) is 0.522. The zero-order chi connectivity index (χ0) is 19.7. The molecule has 0 spiro atoms. The summed E-state index contributed by atoms with van der Waals surface area (Å²) in [5.74, 6) is 0.762. The maximum Gasteiger partial charge on any atom is 0.256 e. The number of rotatable bonds is 11. The maximum atomic E-state index is 13.1. The molecule has 148 valence electrons. The summed E-state index contributed by atoms with van der Waals surface area (Å²) in [5, 5.41) is 5.09. The molecule has 1 amide bonds. The third-order valence-electron chi connectivity index (χ3n) is 4.71. The van der Waals surface area contributed by atoms with E-state index in [1.165, 1.54) is 0 Å². The molecule has 4 heteroatoms. The molecule has 4 nitrogen and oxygen atoms in total. The Balaban J connectivity index is 2.29. The summed E-state index contributed by atoms with van der Waals surface area (Å²) in [6.45, 7) is 9.42. The molecule has 0 saturated carbocycles. The first-order chi connectivity index (χ1) is 13.1. The Bertz CT molecular complexity index is 733. The van der Waals surface area contributed by atoms with Gasteiger partial charge in [-0.2, -0.15) is 0 Å². The zero-order valence-corrected chi connectivity index (χ0v) is 17.1. The molecule has 0 aromatic heterocycles. The molecular weight excluding hydrogens is 338 g/mol. The van der Waals surface area contributed by atoms with Gasteiger partial charge in [-0.1, -0.05) is 57.9 Å². The summed E-state index contributed by atoms with van der Waals surface area (Å²) in [6.07, 6.45) is 4.55. The molecule has 1 atom stereocenters. The number of nitrogens with one attached hydrogen (secondary N) is 1. The molecule has 27 heavy (non-hydrogen) atoms. The van der Waals surface area contributed by atoms with Gasteiger partial charge in [0.15, 0.2) is 0 Å². The van der Waals surface area contributed by atoms with Crippen molar-refractivity contribution >= 4 is 22.4 Å². The van der Waals surface area contributed by atoms with Gasteiger partial charge in [-0.25, -0.2) is 0 Å². The Morgan fingerprint density at radius 3 is 2.33 bits per heavy atom. The molecule has 2 aromatic carbocycles. The van der Waals surface area contributed by atoms with Gasteiger partial charge in [0.2, 0.25) is 0 Å². The Morgan fingerprint density at radius 2 is 1.67 bits per heavy atom. The number of fused-ring (bicyclic) bond motifs is 1. The van der Waals surface area contributed by atoms with Crippen LogP contribution in [0.5, 0.6) is 5.75 Å². The molecule has 0 saturated heterocycles. The number of ether oxygens (including phenoxy) is 2. The quantitative estimate of drug-likeness (QED) is 0.531. The smallest absolute Gasteiger partial charge is 0.256 e. The van der Waals surface area contributed by atoms with Gasteiger partial charge in [-0.3, -0.25) is 4.79 Å². The van der Waals surface area contributed by atoms with Gasteiger partial charge in [0.1, 0.15) is 11.4 Å². The number of benzene rings is 2. The molecule has 0 aliphatic rings. The molecule has 0 aliphatic heterocycles. The van der Waals surface area contributed by atoms with Gasteiger partial charge in [0, 0.05) is 23.1 Å². The van der Waals surface area contributed by atoms with Crippen LogP contribution in [0, 0.1) is 0 Å². The molecular formula is C23H33NO3. The highest BCUT2D eigenvalue weighted by Gasteiger charge is 2.33. The first kappa shape index (κ1) is 21.2. The van der Waals surface area contributed by atoms with E-state index in [2.05, 4.69) is 26.1 Å². The highest BCUT2D eigenvalue weighted by molar-refractivity contribution is 6.06. The summed E-state index contributed by atoms with van der Waals surface area (Å²) in [7, 11) is 0. The maximum absolute atomic E-state index is 13.1. The van der Waals surface area contributed by atoms with Crippen molar-refractivity contribution in [3.05, 3.63) is 36.4 Å². The van der Waals surface area contributed by atoms with Crippen molar-refractivity contribution < 1.29 is 14.3 Å². The van der Waals surface area contributed by atoms with Crippen molar-refractivity contribution in [3.8, 4) is 5.75 Å². The lowest BCUT2D eigenvalue weighted by molar-refractivity contribution is -0.140. The van der Waals surface area contributed by atoms with Crippen LogP contribution in [0.1, 0.15) is 59.8 Å². The second kappa shape index (κ2) is 10.3. The Kier molecular flexibility index (Phi) is 8.11. The third-order valence-corrected chi connectivity index (χ3v) is 4.71. The van der Waals surface area contributed by atoms with Crippen molar-refractivity contribution in [3.63, 3.8) is 0 Å². The predicted octanol–water partition coefficient (Wildman–Crippen LogP) is 5.94. The van der Waals surface area contributed by atoms with Crippen molar-refractivity contribution in [2.24, 2.45) is 0 Å². The fourth-order valence-corrected chi connectivity index (χ4v) is 3.07. The minimum absolute atomic E-state index is 0.0863. The van der Waals surface area contributed by atoms with Crippen molar-refractivity contribution in [2.45, 2.75) is 65.4 Å². The first-order valence-electron chi connectivity index (χ1n) is 10.2. The van der Waals surface area contributed by atoms with Crippen molar-refractivity contribution in [1.82, 2.24) is 0 Å². The van der Waals surface area contributed by atoms with Crippen LogP contribution in [0.25, 0.3) is 10.8 Å². The van der Waals surface area contributed by atoms with Gasteiger partial charge < -0.3 is 14.8 Å². The van der Waals surface area contributed by atoms with E-state index in [4.69, 9.17) is 9.47 Å². The van der Waals surface area contributed by atoms with Crippen LogP contribution in [0.3, 0.4) is 0 Å². The molecule has 0 bridgehead atoms. The van der Waals surface area contributed by atoms with Crippen LogP contribution in [-0.2, 0) is 9.53 Å². The molecule has 1 N–H and O–H groups in total. The molecule has 2 rings (SSSR count). The van der Waals surface area contributed by atoms with Crippen LogP contribution in [0.15, 0.2) is 36.4 Å². The van der Waals surface area contributed by atoms with E-state index in [0.29, 0.717) is 19.6 Å². The molecule has 0 radical (unpaired) electrons. The van der Waals surface area contributed by atoms with Crippen LogP contribution >= 0.6 is 0 Å². The van der Waals surface area contributed by atoms with E-state index in [-0.39, 0.29) is 5.91 Å². The largest absolute Gasteiger partial charge is 0.493 e. The summed E-state index contributed by atoms with van der Waals surface area (Å²) >= 11 is 0. The normalized spacial score (nSPS) is 13.3. The highest BCUT2D eigenvalue weighted by atomic mass is 16.5. The second-order valence-electron chi connectivity index (χ2n) is 7.14. The number of carbonyl (C=O) groups is 1. The highest BCUT2D eigenvalue weighted by Crippen LogP contribution is 2.33. The number of unbranched alkanes of at least 4 members (excludes halogenated alkanes) is 1. The van der Waals surface area contributed by atoms with E-state index in [1.807, 2.05) is 43.3 Å². The lowest BCUT2D eigenvalue weighted by Crippen LogP contribution is -2.43.